The quantitative estimate of drug-likeness (QED) is 0.348. The number of nitrogens with one attached hydrogen (secondary N) is 2. The number of hydrogen-bond donors (Lipinski definition) is 2. The van der Waals surface area contributed by atoms with Gasteiger partial charge < -0.3 is 20.4 Å². The Morgan fingerprint density at radius 2 is 0.821 bits per heavy atom. The second kappa shape index (κ2) is 19.2. The zero-order valence-corrected chi connectivity index (χ0v) is 19.0. The van der Waals surface area contributed by atoms with Crippen LogP contribution in [0.5, 0.6) is 0 Å². The van der Waals surface area contributed by atoms with E-state index in [1.54, 1.807) is 0 Å². The van der Waals surface area contributed by atoms with Crippen molar-refractivity contribution in [3.63, 3.8) is 0 Å². The van der Waals surface area contributed by atoms with Gasteiger partial charge in [-0.05, 0) is 51.9 Å². The van der Waals surface area contributed by atoms with Crippen molar-refractivity contribution in [1.82, 2.24) is 20.4 Å². The first kappa shape index (κ1) is 26.9. The van der Waals surface area contributed by atoms with Gasteiger partial charge in [0.25, 0.3) is 0 Å². The van der Waals surface area contributed by atoms with Crippen LogP contribution in [0.15, 0.2) is 0 Å². The van der Waals surface area contributed by atoms with Crippen LogP contribution >= 0.6 is 0 Å². The van der Waals surface area contributed by atoms with Crippen LogP contribution in [-0.2, 0) is 9.59 Å². The first-order valence-corrected chi connectivity index (χ1v) is 11.6. The van der Waals surface area contributed by atoms with Crippen molar-refractivity contribution in [2.24, 2.45) is 0 Å². The monoisotopic (exact) mass is 398 g/mol. The van der Waals surface area contributed by atoms with Crippen molar-refractivity contribution >= 4 is 11.8 Å². The van der Waals surface area contributed by atoms with Gasteiger partial charge in [-0.25, -0.2) is 0 Å². The number of amides is 2. The highest BCUT2D eigenvalue weighted by Crippen LogP contribution is 1.99. The van der Waals surface area contributed by atoms with Crippen molar-refractivity contribution in [2.75, 3.05) is 52.4 Å². The molecule has 0 fully saturated rings. The van der Waals surface area contributed by atoms with E-state index in [1.165, 1.54) is 51.4 Å². The zero-order valence-electron chi connectivity index (χ0n) is 19.0. The van der Waals surface area contributed by atoms with Gasteiger partial charge in [0.2, 0.25) is 0 Å². The van der Waals surface area contributed by atoms with Crippen LogP contribution in [0.25, 0.3) is 0 Å². The number of carbonyl (C=O) groups is 2. The molecule has 0 aliphatic rings. The van der Waals surface area contributed by atoms with Crippen LogP contribution in [0.2, 0.25) is 0 Å². The maximum absolute atomic E-state index is 12.0. The maximum atomic E-state index is 12.0. The lowest BCUT2D eigenvalue weighted by Gasteiger charge is -2.22. The van der Waals surface area contributed by atoms with Gasteiger partial charge in [-0.1, -0.05) is 53.4 Å². The first-order valence-electron chi connectivity index (χ1n) is 11.6. The lowest BCUT2D eigenvalue weighted by atomic mass is 10.2. The summed E-state index contributed by atoms with van der Waals surface area (Å²) in [6, 6.07) is 0. The fourth-order valence-corrected chi connectivity index (χ4v) is 3.01. The van der Waals surface area contributed by atoms with Crippen LogP contribution in [0.1, 0.15) is 79.1 Å². The molecule has 6 nitrogen and oxygen atoms in total. The largest absolute Gasteiger partial charge is 0.347 e. The number of rotatable bonds is 18. The molecule has 2 N–H and O–H groups in total. The number of hydrogen-bond acceptors (Lipinski definition) is 4. The summed E-state index contributed by atoms with van der Waals surface area (Å²) in [4.78, 5) is 28.8. The van der Waals surface area contributed by atoms with Gasteiger partial charge in [-0.3, -0.25) is 9.59 Å². The van der Waals surface area contributed by atoms with E-state index in [1.807, 2.05) is 0 Å². The second-order valence-corrected chi connectivity index (χ2v) is 7.61. The smallest absolute Gasteiger partial charge is 0.309 e. The normalized spacial score (nSPS) is 11.2. The molecule has 28 heavy (non-hydrogen) atoms. The van der Waals surface area contributed by atoms with E-state index >= 15 is 0 Å². The minimum atomic E-state index is -0.514. The van der Waals surface area contributed by atoms with Crippen LogP contribution in [0, 0.1) is 0 Å². The Kier molecular flexibility index (Phi) is 18.4. The molecule has 0 saturated carbocycles. The number of unbranched alkanes of at least 4 members (excludes halogenated alkanes) is 4. The fourth-order valence-electron chi connectivity index (χ4n) is 3.01. The van der Waals surface area contributed by atoms with E-state index in [0.717, 1.165) is 39.3 Å². The molecule has 2 amide bonds. The van der Waals surface area contributed by atoms with Gasteiger partial charge in [0.1, 0.15) is 0 Å². The molecule has 0 aromatic carbocycles. The highest BCUT2D eigenvalue weighted by atomic mass is 16.2. The summed E-state index contributed by atoms with van der Waals surface area (Å²) in [5.74, 6) is -1.03. The van der Waals surface area contributed by atoms with E-state index < -0.39 is 11.8 Å². The number of nitrogens with zero attached hydrogens (tertiary/aromatic N) is 2. The van der Waals surface area contributed by atoms with E-state index in [4.69, 9.17) is 0 Å². The minimum absolute atomic E-state index is 0.514. The van der Waals surface area contributed by atoms with E-state index in [2.05, 4.69) is 48.1 Å². The number of carbonyl (C=O) groups excluding carboxylic acids is 2. The summed E-state index contributed by atoms with van der Waals surface area (Å²) in [6.07, 6.45) is 9.37. The lowest BCUT2D eigenvalue weighted by molar-refractivity contribution is -0.139. The third-order valence-corrected chi connectivity index (χ3v) is 4.94. The topological polar surface area (TPSA) is 64.7 Å². The molecule has 0 radical (unpaired) electrons. The summed E-state index contributed by atoms with van der Waals surface area (Å²) < 4.78 is 0. The highest BCUT2D eigenvalue weighted by molar-refractivity contribution is 6.35. The predicted molar refractivity (Wildman–Crippen MR) is 119 cm³/mol. The van der Waals surface area contributed by atoms with Crippen molar-refractivity contribution < 1.29 is 9.59 Å². The third-order valence-electron chi connectivity index (χ3n) is 4.94. The van der Waals surface area contributed by atoms with Gasteiger partial charge in [-0.2, -0.15) is 0 Å². The molecule has 0 atom stereocenters. The molecule has 166 valence electrons. The average molecular weight is 399 g/mol. The van der Waals surface area contributed by atoms with E-state index in [9.17, 15) is 9.59 Å². The Hall–Kier alpha value is -1.14. The standard InChI is InChI=1S/C22H46N4O2/c1-5-9-15-25(16-10-6-2)19-13-23-21(27)22(28)24-14-20-26(17-11-7-3)18-12-8-4/h5-20H2,1-4H3,(H,23,27)(H,24,28). The molecule has 0 aliphatic carbocycles. The average Bonchev–Trinajstić information content (AvgIpc) is 2.70. The summed E-state index contributed by atoms with van der Waals surface area (Å²) in [6.45, 7) is 15.7. The molecule has 0 bridgehead atoms. The van der Waals surface area contributed by atoms with Crippen LogP contribution in [0.4, 0.5) is 0 Å². The molecule has 0 aromatic rings. The molecular formula is C22H46N4O2. The molecule has 0 spiro atoms. The fraction of sp³-hybridized carbons (Fsp3) is 0.909. The molecule has 0 aliphatic heterocycles. The van der Waals surface area contributed by atoms with E-state index in [-0.39, 0.29) is 0 Å². The summed E-state index contributed by atoms with van der Waals surface area (Å²) >= 11 is 0. The lowest BCUT2D eigenvalue weighted by Crippen LogP contribution is -2.45. The second-order valence-electron chi connectivity index (χ2n) is 7.61. The zero-order chi connectivity index (χ0) is 21.0. The SMILES string of the molecule is CCCCN(CCCC)CCNC(=O)C(=O)NCCN(CCCC)CCCC. The first-order chi connectivity index (χ1) is 13.6. The molecule has 0 unspecified atom stereocenters. The molecule has 0 aromatic heterocycles. The molecule has 0 saturated heterocycles. The Morgan fingerprint density at radius 1 is 0.536 bits per heavy atom. The highest BCUT2D eigenvalue weighted by Gasteiger charge is 2.13. The molecule has 6 heteroatoms. The predicted octanol–water partition coefficient (Wildman–Crippen LogP) is 3.02. The van der Waals surface area contributed by atoms with Crippen molar-refractivity contribution in [2.45, 2.75) is 79.1 Å². The van der Waals surface area contributed by atoms with Crippen LogP contribution in [-0.4, -0.2) is 74.0 Å². The minimum Gasteiger partial charge on any atom is -0.347 e. The molecular weight excluding hydrogens is 352 g/mol. The molecule has 0 heterocycles. The Bertz CT molecular complexity index is 339. The van der Waals surface area contributed by atoms with Crippen LogP contribution in [0.3, 0.4) is 0 Å². The van der Waals surface area contributed by atoms with E-state index in [0.29, 0.717) is 13.1 Å². The van der Waals surface area contributed by atoms with Gasteiger partial charge in [0, 0.05) is 26.2 Å². The van der Waals surface area contributed by atoms with Gasteiger partial charge in [0.15, 0.2) is 0 Å². The van der Waals surface area contributed by atoms with Crippen molar-refractivity contribution in [3.8, 4) is 0 Å². The van der Waals surface area contributed by atoms with Gasteiger partial charge in [0.05, 0.1) is 0 Å². The Balaban J connectivity index is 4.09. The molecule has 0 rings (SSSR count). The maximum Gasteiger partial charge on any atom is 0.309 e. The summed E-state index contributed by atoms with van der Waals surface area (Å²) in [5.41, 5.74) is 0. The summed E-state index contributed by atoms with van der Waals surface area (Å²) in [5, 5.41) is 5.53. The van der Waals surface area contributed by atoms with Crippen molar-refractivity contribution in [3.05, 3.63) is 0 Å². The third kappa shape index (κ3) is 14.9. The summed E-state index contributed by atoms with van der Waals surface area (Å²) in [7, 11) is 0. The van der Waals surface area contributed by atoms with Gasteiger partial charge in [-0.15, -0.1) is 0 Å². The Morgan fingerprint density at radius 3 is 1.07 bits per heavy atom. The van der Waals surface area contributed by atoms with Gasteiger partial charge >= 0.3 is 11.8 Å². The van der Waals surface area contributed by atoms with Crippen molar-refractivity contribution in [1.29, 1.82) is 0 Å². The Labute approximate surface area is 173 Å². The van der Waals surface area contributed by atoms with Crippen LogP contribution < -0.4 is 10.6 Å².